The van der Waals surface area contributed by atoms with Gasteiger partial charge in [-0.2, -0.15) is 11.3 Å². The molecule has 1 amide bonds. The smallest absolute Gasteiger partial charge is 0.256 e. The first kappa shape index (κ1) is 18.7. The van der Waals surface area contributed by atoms with Crippen LogP contribution >= 0.6 is 23.1 Å². The maximum absolute atomic E-state index is 12.6. The van der Waals surface area contributed by atoms with Crippen LogP contribution in [0.2, 0.25) is 0 Å². The molecule has 0 aliphatic carbocycles. The highest BCUT2D eigenvalue weighted by molar-refractivity contribution is 7.98. The van der Waals surface area contributed by atoms with E-state index in [0.29, 0.717) is 11.3 Å². The van der Waals surface area contributed by atoms with Gasteiger partial charge in [-0.05, 0) is 58.8 Å². The van der Waals surface area contributed by atoms with Crippen molar-refractivity contribution in [3.63, 3.8) is 0 Å². The summed E-state index contributed by atoms with van der Waals surface area (Å²) in [6.45, 7) is 0. The molecule has 1 heterocycles. The molecular formula is C19H17NO3S3. The van der Waals surface area contributed by atoms with Crippen LogP contribution in [0.15, 0.2) is 75.1 Å². The zero-order chi connectivity index (χ0) is 18.6. The summed E-state index contributed by atoms with van der Waals surface area (Å²) in [5.74, 6) is 0.585. The third-order valence-electron chi connectivity index (χ3n) is 3.65. The fourth-order valence-electron chi connectivity index (χ4n) is 2.30. The van der Waals surface area contributed by atoms with Gasteiger partial charge in [-0.3, -0.25) is 4.79 Å². The van der Waals surface area contributed by atoms with Crippen molar-refractivity contribution in [2.24, 2.45) is 0 Å². The highest BCUT2D eigenvalue weighted by atomic mass is 32.2. The lowest BCUT2D eigenvalue weighted by atomic mass is 10.2. The van der Waals surface area contributed by atoms with Crippen LogP contribution in [0.4, 0.5) is 5.69 Å². The molecule has 0 aliphatic heterocycles. The van der Waals surface area contributed by atoms with Gasteiger partial charge in [0.15, 0.2) is 9.84 Å². The number of amides is 1. The van der Waals surface area contributed by atoms with Crippen LogP contribution in [-0.4, -0.2) is 20.6 Å². The molecule has 134 valence electrons. The number of rotatable bonds is 6. The number of anilines is 1. The number of sulfone groups is 1. The van der Waals surface area contributed by atoms with Gasteiger partial charge in [-0.15, -0.1) is 11.8 Å². The zero-order valence-corrected chi connectivity index (χ0v) is 16.5. The van der Waals surface area contributed by atoms with Crippen LogP contribution in [-0.2, 0) is 15.6 Å². The molecule has 0 atom stereocenters. The fourth-order valence-corrected chi connectivity index (χ4v) is 4.70. The highest BCUT2D eigenvalue weighted by Gasteiger charge is 2.13. The van der Waals surface area contributed by atoms with Crippen molar-refractivity contribution >= 4 is 44.5 Å². The summed E-state index contributed by atoms with van der Waals surface area (Å²) in [7, 11) is -3.25. The Morgan fingerprint density at radius 2 is 1.81 bits per heavy atom. The predicted molar refractivity (Wildman–Crippen MR) is 108 cm³/mol. The Morgan fingerprint density at radius 1 is 1.08 bits per heavy atom. The Bertz CT molecular complexity index is 995. The average Bonchev–Trinajstić information content (AvgIpc) is 3.13. The van der Waals surface area contributed by atoms with E-state index in [0.717, 1.165) is 16.9 Å². The number of thiophene rings is 1. The van der Waals surface area contributed by atoms with E-state index < -0.39 is 9.84 Å². The SMILES string of the molecule is CS(=O)(=O)c1ccc(NC(=O)c2ccccc2SCc2ccsc2)cc1. The van der Waals surface area contributed by atoms with E-state index >= 15 is 0 Å². The number of nitrogens with one attached hydrogen (secondary N) is 1. The molecule has 0 saturated heterocycles. The van der Waals surface area contributed by atoms with Crippen LogP contribution in [0.25, 0.3) is 0 Å². The predicted octanol–water partition coefficient (Wildman–Crippen LogP) is 4.70. The van der Waals surface area contributed by atoms with Crippen molar-refractivity contribution in [3.05, 3.63) is 76.5 Å². The Hall–Kier alpha value is -2.09. The summed E-state index contributed by atoms with van der Waals surface area (Å²) in [5.41, 5.74) is 2.38. The highest BCUT2D eigenvalue weighted by Crippen LogP contribution is 2.27. The van der Waals surface area contributed by atoms with Gasteiger partial charge < -0.3 is 5.32 Å². The number of carbonyl (C=O) groups excluding carboxylic acids is 1. The van der Waals surface area contributed by atoms with E-state index in [9.17, 15) is 13.2 Å². The second-order valence-corrected chi connectivity index (χ2v) is 9.48. The lowest BCUT2D eigenvalue weighted by Gasteiger charge is -2.10. The Kier molecular flexibility index (Phi) is 5.80. The van der Waals surface area contributed by atoms with E-state index in [-0.39, 0.29) is 10.8 Å². The molecular weight excluding hydrogens is 386 g/mol. The van der Waals surface area contributed by atoms with Crippen LogP contribution in [0, 0.1) is 0 Å². The van der Waals surface area contributed by atoms with E-state index in [1.807, 2.05) is 23.6 Å². The second-order valence-electron chi connectivity index (χ2n) is 5.67. The molecule has 0 unspecified atom stereocenters. The molecule has 1 aromatic heterocycles. The van der Waals surface area contributed by atoms with E-state index in [1.54, 1.807) is 41.3 Å². The third-order valence-corrected chi connectivity index (χ3v) is 6.65. The van der Waals surface area contributed by atoms with Crippen molar-refractivity contribution in [2.75, 3.05) is 11.6 Å². The molecule has 1 N–H and O–H groups in total. The lowest BCUT2D eigenvalue weighted by Crippen LogP contribution is -2.13. The molecule has 3 rings (SSSR count). The average molecular weight is 404 g/mol. The molecule has 7 heteroatoms. The van der Waals surface area contributed by atoms with Crippen LogP contribution in [0.1, 0.15) is 15.9 Å². The molecule has 0 spiro atoms. The summed E-state index contributed by atoms with van der Waals surface area (Å²) in [4.78, 5) is 13.8. The first-order chi connectivity index (χ1) is 12.4. The van der Waals surface area contributed by atoms with E-state index in [2.05, 4.69) is 16.8 Å². The van der Waals surface area contributed by atoms with Crippen molar-refractivity contribution < 1.29 is 13.2 Å². The summed E-state index contributed by atoms with van der Waals surface area (Å²) >= 11 is 3.27. The summed E-state index contributed by atoms with van der Waals surface area (Å²) < 4.78 is 23.0. The van der Waals surface area contributed by atoms with Gasteiger partial charge in [-0.1, -0.05) is 12.1 Å². The number of carbonyl (C=O) groups is 1. The number of hydrogen-bond donors (Lipinski definition) is 1. The molecule has 0 radical (unpaired) electrons. The summed E-state index contributed by atoms with van der Waals surface area (Å²) in [6.07, 6.45) is 1.15. The van der Waals surface area contributed by atoms with Gasteiger partial charge >= 0.3 is 0 Å². The van der Waals surface area contributed by atoms with Gasteiger partial charge in [0.1, 0.15) is 0 Å². The van der Waals surface area contributed by atoms with E-state index in [1.165, 1.54) is 17.7 Å². The lowest BCUT2D eigenvalue weighted by molar-refractivity contribution is 0.102. The molecule has 0 saturated carbocycles. The standard InChI is InChI=1S/C19H17NO3S3/c1-26(22,23)16-8-6-15(7-9-16)20-19(21)17-4-2-3-5-18(17)25-13-14-10-11-24-12-14/h2-12H,13H2,1H3,(H,20,21). The minimum Gasteiger partial charge on any atom is -0.322 e. The third kappa shape index (κ3) is 4.75. The Labute approximate surface area is 161 Å². The largest absolute Gasteiger partial charge is 0.322 e. The van der Waals surface area contributed by atoms with Crippen LogP contribution in [0.3, 0.4) is 0 Å². The van der Waals surface area contributed by atoms with Crippen molar-refractivity contribution in [1.29, 1.82) is 0 Å². The summed E-state index contributed by atoms with van der Waals surface area (Å²) in [6, 6.07) is 15.7. The number of benzene rings is 2. The molecule has 26 heavy (non-hydrogen) atoms. The monoisotopic (exact) mass is 403 g/mol. The van der Waals surface area contributed by atoms with Crippen molar-refractivity contribution in [2.45, 2.75) is 15.5 Å². The van der Waals surface area contributed by atoms with E-state index in [4.69, 9.17) is 0 Å². The van der Waals surface area contributed by atoms with Crippen LogP contribution < -0.4 is 5.32 Å². The van der Waals surface area contributed by atoms with Gasteiger partial charge in [0.05, 0.1) is 10.5 Å². The van der Waals surface area contributed by atoms with Gasteiger partial charge in [0, 0.05) is 22.6 Å². The number of hydrogen-bond acceptors (Lipinski definition) is 5. The van der Waals surface area contributed by atoms with Gasteiger partial charge in [0.25, 0.3) is 5.91 Å². The first-order valence-corrected chi connectivity index (χ1v) is 11.6. The molecule has 2 aromatic carbocycles. The topological polar surface area (TPSA) is 63.2 Å². The van der Waals surface area contributed by atoms with Crippen LogP contribution in [0.5, 0.6) is 0 Å². The maximum Gasteiger partial charge on any atom is 0.256 e. The molecule has 3 aromatic rings. The number of thioether (sulfide) groups is 1. The second kappa shape index (κ2) is 8.07. The quantitative estimate of drug-likeness (QED) is 0.606. The Morgan fingerprint density at radius 3 is 2.46 bits per heavy atom. The maximum atomic E-state index is 12.6. The Balaban J connectivity index is 1.73. The minimum atomic E-state index is -3.25. The van der Waals surface area contributed by atoms with Crippen molar-refractivity contribution in [1.82, 2.24) is 0 Å². The van der Waals surface area contributed by atoms with Gasteiger partial charge in [-0.25, -0.2) is 8.42 Å². The fraction of sp³-hybridized carbons (Fsp3) is 0.105. The molecule has 0 fully saturated rings. The first-order valence-electron chi connectivity index (χ1n) is 7.78. The normalized spacial score (nSPS) is 11.3. The molecule has 0 aliphatic rings. The molecule has 4 nitrogen and oxygen atoms in total. The summed E-state index contributed by atoms with van der Waals surface area (Å²) in [5, 5.41) is 6.96. The van der Waals surface area contributed by atoms with Gasteiger partial charge in [0.2, 0.25) is 0 Å². The molecule has 0 bridgehead atoms. The van der Waals surface area contributed by atoms with Crippen molar-refractivity contribution in [3.8, 4) is 0 Å². The minimum absolute atomic E-state index is 0.217. The zero-order valence-electron chi connectivity index (χ0n) is 14.0.